The van der Waals surface area contributed by atoms with Crippen LogP contribution in [0.3, 0.4) is 0 Å². The van der Waals surface area contributed by atoms with Gasteiger partial charge in [0.2, 0.25) is 0 Å². The van der Waals surface area contributed by atoms with Crippen molar-refractivity contribution in [1.82, 2.24) is 0 Å². The van der Waals surface area contributed by atoms with E-state index in [4.69, 9.17) is 24.6 Å². The number of hydrogen-bond donors (Lipinski definition) is 4. The summed E-state index contributed by atoms with van der Waals surface area (Å²) in [5.41, 5.74) is -2.93. The van der Waals surface area contributed by atoms with Crippen LogP contribution in [0.15, 0.2) is 42.5 Å². The highest BCUT2D eigenvalue weighted by atomic mass is 32.2. The summed E-state index contributed by atoms with van der Waals surface area (Å²) in [6.07, 6.45) is 0. The average Bonchev–Trinajstić information content (AvgIpc) is 2.72. The predicted molar refractivity (Wildman–Crippen MR) is 94.9 cm³/mol. The largest absolute Gasteiger partial charge is 0.433 e. The second kappa shape index (κ2) is 19.0. The molecule has 0 aliphatic rings. The molecule has 0 unspecified atom stereocenters. The molecule has 9 heteroatoms. The number of ether oxygens (including phenoxy) is 1. The standard InChI is InChI=1S/C12H10F2O2S.C2H6.2CH4O.FHO/c13-12(14,17-15)16-8-9-5-6-10-3-1-2-4-11(10)7-9;4*1-2/h1-7,15H,8H2;1-2H3;2*2H,1H3;2H. The van der Waals surface area contributed by atoms with Crippen molar-refractivity contribution in [3.05, 3.63) is 48.0 Å². The number of alkyl halides is 2. The van der Waals surface area contributed by atoms with E-state index in [1.807, 2.05) is 44.2 Å². The van der Waals surface area contributed by atoms with Gasteiger partial charge in [0.25, 0.3) is 0 Å². The third-order valence-corrected chi connectivity index (χ3v) is 2.66. The Balaban J connectivity index is -0.000000533. The summed E-state index contributed by atoms with van der Waals surface area (Å²) in [7, 11) is 2.00. The van der Waals surface area contributed by atoms with E-state index in [0.29, 0.717) is 5.56 Å². The van der Waals surface area contributed by atoms with Gasteiger partial charge in [-0.1, -0.05) is 54.8 Å². The van der Waals surface area contributed by atoms with Gasteiger partial charge in [-0.2, -0.15) is 8.78 Å². The molecule has 0 saturated heterocycles. The lowest BCUT2D eigenvalue weighted by Crippen LogP contribution is -2.14. The highest BCUT2D eigenvalue weighted by Crippen LogP contribution is 2.28. The zero-order valence-corrected chi connectivity index (χ0v) is 15.3. The quantitative estimate of drug-likeness (QED) is 0.465. The summed E-state index contributed by atoms with van der Waals surface area (Å²) in [6, 6.07) is 13.0. The van der Waals surface area contributed by atoms with Crippen molar-refractivity contribution in [1.29, 1.82) is 0 Å². The topological polar surface area (TPSA) is 90.2 Å². The summed E-state index contributed by atoms with van der Waals surface area (Å²) in [5, 5.41) is 21.5. The zero-order valence-electron chi connectivity index (χ0n) is 14.5. The Morgan fingerprint density at radius 3 is 1.88 bits per heavy atom. The van der Waals surface area contributed by atoms with Gasteiger partial charge in [-0.15, -0.1) is 0 Å². The fraction of sp³-hybridized carbons (Fsp3) is 0.375. The van der Waals surface area contributed by atoms with E-state index in [1.54, 1.807) is 12.1 Å². The summed E-state index contributed by atoms with van der Waals surface area (Å²) in [6.45, 7) is 3.76. The van der Waals surface area contributed by atoms with E-state index in [0.717, 1.165) is 25.0 Å². The summed E-state index contributed by atoms with van der Waals surface area (Å²) < 4.78 is 46.4. The van der Waals surface area contributed by atoms with E-state index in [9.17, 15) is 8.78 Å². The van der Waals surface area contributed by atoms with Crippen molar-refractivity contribution < 1.29 is 38.1 Å². The Kier molecular flexibility index (Phi) is 21.6. The van der Waals surface area contributed by atoms with E-state index in [1.165, 1.54) is 0 Å². The SMILES string of the molecule is CC.CO.CO.OF.OSC(F)(F)OCc1ccc2ccccc2c1. The third kappa shape index (κ3) is 12.6. The van der Waals surface area contributed by atoms with Crippen LogP contribution in [-0.2, 0) is 11.3 Å². The Morgan fingerprint density at radius 1 is 0.920 bits per heavy atom. The highest BCUT2D eigenvalue weighted by Gasteiger charge is 2.30. The van der Waals surface area contributed by atoms with E-state index >= 15 is 0 Å². The van der Waals surface area contributed by atoms with Gasteiger partial charge in [0.1, 0.15) is 0 Å². The molecule has 0 fully saturated rings. The normalized spacial score (nSPS) is 9.08. The minimum Gasteiger partial charge on any atom is -0.400 e. The van der Waals surface area contributed by atoms with Crippen LogP contribution in [0.2, 0.25) is 0 Å². The molecule has 146 valence electrons. The first kappa shape index (κ1) is 28.4. The molecule has 0 heterocycles. The van der Waals surface area contributed by atoms with Crippen LogP contribution in [0, 0.1) is 0 Å². The Morgan fingerprint density at radius 2 is 1.40 bits per heavy atom. The molecule has 4 N–H and O–H groups in total. The molecule has 0 radical (unpaired) electrons. The number of aliphatic hydroxyl groups excluding tert-OH is 2. The lowest BCUT2D eigenvalue weighted by molar-refractivity contribution is -0.173. The van der Waals surface area contributed by atoms with Crippen LogP contribution in [-0.4, -0.2) is 39.7 Å². The average molecular weight is 386 g/mol. The van der Waals surface area contributed by atoms with Crippen molar-refractivity contribution in [2.75, 3.05) is 14.2 Å². The van der Waals surface area contributed by atoms with Gasteiger partial charge in [0.05, 0.1) is 18.6 Å². The van der Waals surface area contributed by atoms with Crippen molar-refractivity contribution in [2.45, 2.75) is 25.9 Å². The highest BCUT2D eigenvalue weighted by molar-refractivity contribution is 7.94. The molecule has 25 heavy (non-hydrogen) atoms. The van der Waals surface area contributed by atoms with Gasteiger partial charge < -0.3 is 19.5 Å². The molecule has 0 aliphatic heterocycles. The second-order valence-corrected chi connectivity index (χ2v) is 4.18. The van der Waals surface area contributed by atoms with Gasteiger partial charge >= 0.3 is 5.44 Å². The number of halogens is 3. The molecule has 0 spiro atoms. The number of fused-ring (bicyclic) bond motifs is 1. The molecule has 2 aromatic carbocycles. The fourth-order valence-corrected chi connectivity index (χ4v) is 1.63. The lowest BCUT2D eigenvalue weighted by Gasteiger charge is -2.12. The summed E-state index contributed by atoms with van der Waals surface area (Å²) >= 11 is -0.606. The number of benzene rings is 2. The predicted octanol–water partition coefficient (Wildman–Crippen LogP) is 4.22. The van der Waals surface area contributed by atoms with Crippen LogP contribution in [0.4, 0.5) is 13.3 Å². The maximum absolute atomic E-state index is 12.6. The molecule has 0 saturated carbocycles. The minimum atomic E-state index is -3.56. The molecule has 5 nitrogen and oxygen atoms in total. The molecule has 0 aromatic heterocycles. The van der Waals surface area contributed by atoms with Crippen molar-refractivity contribution >= 4 is 22.8 Å². The molecule has 0 amide bonds. The first-order valence-electron chi connectivity index (χ1n) is 6.99. The van der Waals surface area contributed by atoms with Crippen LogP contribution < -0.4 is 0 Å². The molecule has 2 rings (SSSR count). The molecular formula is C16H25F3O5S. The fourth-order valence-electron chi connectivity index (χ4n) is 1.52. The van der Waals surface area contributed by atoms with E-state index in [-0.39, 0.29) is 6.61 Å². The van der Waals surface area contributed by atoms with Crippen LogP contribution in [0.5, 0.6) is 0 Å². The Hall–Kier alpha value is -1.36. The summed E-state index contributed by atoms with van der Waals surface area (Å²) in [5.74, 6) is 0. The molecule has 0 bridgehead atoms. The third-order valence-electron chi connectivity index (χ3n) is 2.33. The van der Waals surface area contributed by atoms with Crippen molar-refractivity contribution in [3.63, 3.8) is 0 Å². The van der Waals surface area contributed by atoms with Crippen molar-refractivity contribution in [3.8, 4) is 0 Å². The first-order valence-corrected chi connectivity index (χ1v) is 7.76. The van der Waals surface area contributed by atoms with Crippen LogP contribution >= 0.6 is 12.0 Å². The van der Waals surface area contributed by atoms with Gasteiger partial charge in [-0.05, 0) is 22.4 Å². The molecule has 0 aliphatic carbocycles. The van der Waals surface area contributed by atoms with Gasteiger partial charge in [0.15, 0.2) is 0 Å². The number of aliphatic hydroxyl groups is 2. The zero-order chi connectivity index (χ0) is 20.3. The van der Waals surface area contributed by atoms with Gasteiger partial charge in [-0.25, -0.2) is 5.31 Å². The summed E-state index contributed by atoms with van der Waals surface area (Å²) in [4.78, 5) is 0. The van der Waals surface area contributed by atoms with Gasteiger partial charge in [0, 0.05) is 14.2 Å². The molecule has 2 aromatic rings. The van der Waals surface area contributed by atoms with Crippen molar-refractivity contribution in [2.24, 2.45) is 0 Å². The molecule has 0 atom stereocenters. The lowest BCUT2D eigenvalue weighted by atomic mass is 10.1. The van der Waals surface area contributed by atoms with Crippen LogP contribution in [0.25, 0.3) is 10.8 Å². The monoisotopic (exact) mass is 386 g/mol. The Labute approximate surface area is 149 Å². The number of rotatable bonds is 4. The minimum absolute atomic E-state index is 0.245. The van der Waals surface area contributed by atoms with E-state index < -0.39 is 17.5 Å². The maximum Gasteiger partial charge on any atom is 0.433 e. The van der Waals surface area contributed by atoms with Crippen LogP contribution in [0.1, 0.15) is 19.4 Å². The smallest absolute Gasteiger partial charge is 0.400 e. The Bertz CT molecular complexity index is 530. The first-order chi connectivity index (χ1) is 12.1. The van der Waals surface area contributed by atoms with Gasteiger partial charge in [-0.3, -0.25) is 0 Å². The van der Waals surface area contributed by atoms with E-state index in [2.05, 4.69) is 4.74 Å². The molecular weight excluding hydrogens is 361 g/mol. The maximum atomic E-state index is 12.6. The second-order valence-electron chi connectivity index (χ2n) is 3.52. The number of hydrogen-bond acceptors (Lipinski definition) is 6.